The number of nitrogens with two attached hydrogens (primary N) is 1. The third-order valence-corrected chi connectivity index (χ3v) is 1.92. The van der Waals surface area contributed by atoms with Crippen molar-refractivity contribution in [3.63, 3.8) is 0 Å². The van der Waals surface area contributed by atoms with Crippen molar-refractivity contribution in [2.45, 2.75) is 12.8 Å². The average Bonchev–Trinajstić information content (AvgIpc) is 2.27. The molecule has 0 saturated carbocycles. The maximum Gasteiger partial charge on any atom is 1.00 e. The Kier molecular flexibility index (Phi) is 7.82. The summed E-state index contributed by atoms with van der Waals surface area (Å²) in [4.78, 5) is 21.9. The van der Waals surface area contributed by atoms with Crippen LogP contribution in [0.4, 0.5) is 0 Å². The molecule has 86 valence electrons. The fourth-order valence-electron chi connectivity index (χ4n) is 1.14. The van der Waals surface area contributed by atoms with E-state index in [0.717, 1.165) is 0 Å². The van der Waals surface area contributed by atoms with Crippen LogP contribution >= 0.6 is 0 Å². The van der Waals surface area contributed by atoms with E-state index >= 15 is 0 Å². The Morgan fingerprint density at radius 1 is 1.29 bits per heavy atom. The van der Waals surface area contributed by atoms with Crippen LogP contribution in [-0.2, 0) is 4.79 Å². The number of hydrogen-bond donors (Lipinski definition) is 1. The van der Waals surface area contributed by atoms with Crippen LogP contribution in [0.15, 0.2) is 24.3 Å². The molecule has 0 bridgehead atoms. The molecule has 6 heteroatoms. The van der Waals surface area contributed by atoms with Crippen LogP contribution in [0.2, 0.25) is 0 Å². The first-order valence-electron chi connectivity index (χ1n) is 4.86. The standard InChI is InChI=1S/C11H13NO4.Na/c12-7-3-6-10(13)16-9-5-2-1-4-8(9)11(14)15;/h1-2,4-5H,3,6-7,12H2,(H,14,15);/q;+1/p-1. The van der Waals surface area contributed by atoms with E-state index in [2.05, 4.69) is 0 Å². The molecule has 1 aromatic carbocycles. The summed E-state index contributed by atoms with van der Waals surface area (Å²) in [6, 6.07) is 5.84. The molecule has 5 nitrogen and oxygen atoms in total. The molecule has 0 aromatic heterocycles. The molecule has 0 heterocycles. The first-order valence-corrected chi connectivity index (χ1v) is 4.86. The van der Waals surface area contributed by atoms with Gasteiger partial charge in [0, 0.05) is 12.0 Å². The van der Waals surface area contributed by atoms with Crippen molar-refractivity contribution < 1.29 is 49.0 Å². The Hall–Kier alpha value is -0.880. The number of carbonyl (C=O) groups excluding carboxylic acids is 2. The molecule has 0 aliphatic heterocycles. The smallest absolute Gasteiger partial charge is 0.545 e. The third-order valence-electron chi connectivity index (χ3n) is 1.92. The largest absolute Gasteiger partial charge is 1.00 e. The molecular weight excluding hydrogens is 233 g/mol. The fourth-order valence-corrected chi connectivity index (χ4v) is 1.14. The number of carboxylic acid groups (broad SMARTS) is 1. The Morgan fingerprint density at radius 2 is 1.94 bits per heavy atom. The number of hydrogen-bond acceptors (Lipinski definition) is 5. The van der Waals surface area contributed by atoms with Gasteiger partial charge in [-0.2, -0.15) is 0 Å². The molecule has 1 rings (SSSR count). The van der Waals surface area contributed by atoms with Crippen LogP contribution in [0, 0.1) is 0 Å². The van der Waals surface area contributed by atoms with Gasteiger partial charge in [-0.25, -0.2) is 0 Å². The number of ether oxygens (including phenoxy) is 1. The third kappa shape index (κ3) is 5.32. The summed E-state index contributed by atoms with van der Waals surface area (Å²) >= 11 is 0. The number of aromatic carboxylic acids is 1. The number of para-hydroxylation sites is 1. The van der Waals surface area contributed by atoms with Crippen LogP contribution in [0.25, 0.3) is 0 Å². The molecule has 0 radical (unpaired) electrons. The monoisotopic (exact) mass is 245 g/mol. The Balaban J connectivity index is 0.00000256. The molecule has 1 aromatic rings. The predicted molar refractivity (Wildman–Crippen MR) is 54.7 cm³/mol. The normalized spacial score (nSPS) is 9.24. The van der Waals surface area contributed by atoms with Gasteiger partial charge in [0.1, 0.15) is 5.75 Å². The molecular formula is C11H12NNaO4. The second kappa shape index (κ2) is 8.25. The van der Waals surface area contributed by atoms with Crippen molar-refractivity contribution in [2.24, 2.45) is 5.73 Å². The zero-order chi connectivity index (χ0) is 12.0. The minimum absolute atomic E-state index is 0. The molecule has 17 heavy (non-hydrogen) atoms. The second-order valence-corrected chi connectivity index (χ2v) is 3.15. The number of benzene rings is 1. The summed E-state index contributed by atoms with van der Waals surface area (Å²) in [6.07, 6.45) is 0.671. The summed E-state index contributed by atoms with van der Waals surface area (Å²) < 4.78 is 4.89. The van der Waals surface area contributed by atoms with Crippen LogP contribution in [0.5, 0.6) is 5.75 Å². The number of carboxylic acids is 1. The van der Waals surface area contributed by atoms with E-state index in [1.165, 1.54) is 18.2 Å². The number of esters is 1. The van der Waals surface area contributed by atoms with Gasteiger partial charge in [-0.1, -0.05) is 12.1 Å². The van der Waals surface area contributed by atoms with E-state index in [-0.39, 0.29) is 47.3 Å². The molecule has 0 unspecified atom stereocenters. The molecule has 0 amide bonds. The van der Waals surface area contributed by atoms with Gasteiger partial charge in [0.2, 0.25) is 0 Å². The number of carbonyl (C=O) groups is 2. The van der Waals surface area contributed by atoms with Crippen molar-refractivity contribution >= 4 is 11.9 Å². The first-order chi connectivity index (χ1) is 7.65. The topological polar surface area (TPSA) is 92.5 Å². The summed E-state index contributed by atoms with van der Waals surface area (Å²) in [5.41, 5.74) is 5.10. The van der Waals surface area contributed by atoms with Crippen molar-refractivity contribution in [1.82, 2.24) is 0 Å². The Bertz CT molecular complexity index is 395. The summed E-state index contributed by atoms with van der Waals surface area (Å²) in [5.74, 6) is -1.87. The van der Waals surface area contributed by atoms with E-state index in [1.807, 2.05) is 0 Å². The van der Waals surface area contributed by atoms with Crippen molar-refractivity contribution in [1.29, 1.82) is 0 Å². The van der Waals surface area contributed by atoms with E-state index in [1.54, 1.807) is 6.07 Å². The van der Waals surface area contributed by atoms with Crippen LogP contribution in [0.3, 0.4) is 0 Å². The molecule has 0 spiro atoms. The number of rotatable bonds is 5. The minimum Gasteiger partial charge on any atom is -0.545 e. The van der Waals surface area contributed by atoms with Gasteiger partial charge in [-0.05, 0) is 25.1 Å². The quantitative estimate of drug-likeness (QED) is 0.333. The Morgan fingerprint density at radius 3 is 2.53 bits per heavy atom. The van der Waals surface area contributed by atoms with Gasteiger partial charge in [-0.3, -0.25) is 4.79 Å². The van der Waals surface area contributed by atoms with Gasteiger partial charge in [-0.15, -0.1) is 0 Å². The van der Waals surface area contributed by atoms with Crippen LogP contribution in [-0.4, -0.2) is 18.5 Å². The zero-order valence-electron chi connectivity index (χ0n) is 9.64. The van der Waals surface area contributed by atoms with Crippen LogP contribution in [0.1, 0.15) is 23.2 Å². The molecule has 0 saturated heterocycles. The van der Waals surface area contributed by atoms with E-state index in [9.17, 15) is 14.7 Å². The van der Waals surface area contributed by atoms with Gasteiger partial charge < -0.3 is 20.4 Å². The maximum absolute atomic E-state index is 11.3. The van der Waals surface area contributed by atoms with Crippen LogP contribution < -0.4 is 45.1 Å². The second-order valence-electron chi connectivity index (χ2n) is 3.15. The molecule has 0 atom stereocenters. The zero-order valence-corrected chi connectivity index (χ0v) is 11.6. The van der Waals surface area contributed by atoms with Gasteiger partial charge >= 0.3 is 35.5 Å². The Labute approximate surface area is 121 Å². The predicted octanol–water partition coefficient (Wildman–Crippen LogP) is -3.30. The minimum atomic E-state index is -1.37. The molecule has 0 aliphatic carbocycles. The molecule has 2 N–H and O–H groups in total. The average molecular weight is 245 g/mol. The first kappa shape index (κ1) is 16.1. The molecule has 0 aliphatic rings. The van der Waals surface area contributed by atoms with E-state index < -0.39 is 11.9 Å². The molecule has 0 fully saturated rings. The summed E-state index contributed by atoms with van der Waals surface area (Å²) in [7, 11) is 0. The summed E-state index contributed by atoms with van der Waals surface area (Å²) in [6.45, 7) is 0.386. The van der Waals surface area contributed by atoms with E-state index in [0.29, 0.717) is 13.0 Å². The van der Waals surface area contributed by atoms with Crippen molar-refractivity contribution in [3.05, 3.63) is 29.8 Å². The van der Waals surface area contributed by atoms with Gasteiger partial charge in [0.15, 0.2) is 0 Å². The fraction of sp³-hybridized carbons (Fsp3) is 0.273. The van der Waals surface area contributed by atoms with E-state index in [4.69, 9.17) is 10.5 Å². The summed E-state index contributed by atoms with van der Waals surface area (Å²) in [5, 5.41) is 10.7. The van der Waals surface area contributed by atoms with Gasteiger partial charge in [0.25, 0.3) is 0 Å². The van der Waals surface area contributed by atoms with Crippen molar-refractivity contribution in [2.75, 3.05) is 6.54 Å². The maximum atomic E-state index is 11.3. The van der Waals surface area contributed by atoms with Crippen molar-refractivity contribution in [3.8, 4) is 5.75 Å². The van der Waals surface area contributed by atoms with Gasteiger partial charge in [0.05, 0.1) is 5.97 Å². The SMILES string of the molecule is NCCCC(=O)Oc1ccccc1C(=O)[O-].[Na+].